The van der Waals surface area contributed by atoms with Gasteiger partial charge in [-0.15, -0.1) is 0 Å². The first-order valence-electron chi connectivity index (χ1n) is 12.8. The second kappa shape index (κ2) is 11.2. The van der Waals surface area contributed by atoms with Crippen LogP contribution < -0.4 is 10.6 Å². The quantitative estimate of drug-likeness (QED) is 0.401. The summed E-state index contributed by atoms with van der Waals surface area (Å²) in [6.45, 7) is 6.40. The first kappa shape index (κ1) is 27.1. The minimum absolute atomic E-state index is 0.191. The van der Waals surface area contributed by atoms with Gasteiger partial charge in [0.05, 0.1) is 6.61 Å². The average Bonchev–Trinajstić information content (AvgIpc) is 3.70. The zero-order chi connectivity index (χ0) is 27.4. The fraction of sp³-hybridized carbons (Fsp3) is 0.367. The molecule has 0 radical (unpaired) electrons. The average molecular weight is 518 g/mol. The number of fused-ring (bicyclic) bond motifs is 1. The van der Waals surface area contributed by atoms with E-state index < -0.39 is 36.3 Å². The van der Waals surface area contributed by atoms with Gasteiger partial charge in [-0.3, -0.25) is 9.59 Å². The number of nitrogens with zero attached hydrogens (tertiary/aromatic N) is 1. The molecule has 0 aliphatic heterocycles. The number of ether oxygens (including phenoxy) is 1. The molecule has 2 unspecified atom stereocenters. The molecule has 3 amide bonds. The lowest BCUT2D eigenvalue weighted by Gasteiger charge is -2.35. The maximum absolute atomic E-state index is 13.9. The van der Waals surface area contributed by atoms with E-state index in [2.05, 4.69) is 10.6 Å². The number of alkyl carbamates (subject to hydrolysis) is 1. The Hall–Kier alpha value is -3.91. The number of aryl methyl sites for hydroxylation is 1. The Balaban J connectivity index is 1.67. The number of carbonyl (C=O) groups is 3. The van der Waals surface area contributed by atoms with Crippen LogP contribution in [-0.4, -0.2) is 52.2 Å². The van der Waals surface area contributed by atoms with Gasteiger partial charge in [-0.25, -0.2) is 4.79 Å². The summed E-state index contributed by atoms with van der Waals surface area (Å²) in [7, 11) is 0. The SMILES string of the molecule is Cc1ccccc1C(C(=O)Nc1ccc2ccccc2c1)N(C(=O)C(CO)NC(=O)OC(C)(C)C)C1CC1. The van der Waals surface area contributed by atoms with E-state index in [1.54, 1.807) is 20.8 Å². The van der Waals surface area contributed by atoms with Crippen molar-refractivity contribution in [1.29, 1.82) is 0 Å². The normalized spacial score (nSPS) is 14.9. The first-order valence-corrected chi connectivity index (χ1v) is 12.8. The van der Waals surface area contributed by atoms with Crippen molar-refractivity contribution in [3.8, 4) is 0 Å². The molecule has 1 saturated carbocycles. The van der Waals surface area contributed by atoms with Gasteiger partial charge in [-0.2, -0.15) is 0 Å². The standard InChI is InChI=1S/C30H35N3O5/c1-19-9-5-8-12-24(19)26(27(35)31-22-14-13-20-10-6-7-11-21(20)17-22)33(23-15-16-23)28(36)25(18-34)32-29(37)38-30(2,3)4/h5-14,17,23,25-26,34H,15-16,18H2,1-4H3,(H,31,35)(H,32,37). The van der Waals surface area contributed by atoms with Crippen molar-refractivity contribution < 1.29 is 24.2 Å². The van der Waals surface area contributed by atoms with Crippen molar-refractivity contribution in [1.82, 2.24) is 10.2 Å². The van der Waals surface area contributed by atoms with Crippen LogP contribution >= 0.6 is 0 Å². The highest BCUT2D eigenvalue weighted by atomic mass is 16.6. The van der Waals surface area contributed by atoms with Crippen LogP contribution in [0, 0.1) is 6.92 Å². The Morgan fingerprint density at radius 2 is 1.66 bits per heavy atom. The molecule has 4 rings (SSSR count). The van der Waals surface area contributed by atoms with E-state index in [0.717, 1.165) is 29.2 Å². The van der Waals surface area contributed by atoms with Crippen molar-refractivity contribution in [2.45, 2.75) is 64.3 Å². The number of hydrogen-bond donors (Lipinski definition) is 3. The Bertz CT molecular complexity index is 1330. The number of hydrogen-bond acceptors (Lipinski definition) is 5. The van der Waals surface area contributed by atoms with Crippen LogP contribution in [0.2, 0.25) is 0 Å². The molecule has 0 saturated heterocycles. The third-order valence-corrected chi connectivity index (χ3v) is 6.39. The predicted molar refractivity (Wildman–Crippen MR) is 147 cm³/mol. The topological polar surface area (TPSA) is 108 Å². The summed E-state index contributed by atoms with van der Waals surface area (Å²) in [5, 5.41) is 17.6. The molecule has 38 heavy (non-hydrogen) atoms. The zero-order valence-electron chi connectivity index (χ0n) is 22.2. The summed E-state index contributed by atoms with van der Waals surface area (Å²) in [4.78, 5) is 41.7. The maximum atomic E-state index is 13.9. The summed E-state index contributed by atoms with van der Waals surface area (Å²) >= 11 is 0. The summed E-state index contributed by atoms with van der Waals surface area (Å²) in [5.41, 5.74) is 1.37. The number of aliphatic hydroxyl groups excluding tert-OH is 1. The van der Waals surface area contributed by atoms with Gasteiger partial charge < -0.3 is 25.4 Å². The molecular weight excluding hydrogens is 482 g/mol. The molecule has 3 N–H and O–H groups in total. The van der Waals surface area contributed by atoms with Crippen molar-refractivity contribution in [3.63, 3.8) is 0 Å². The van der Waals surface area contributed by atoms with Gasteiger partial charge in [0, 0.05) is 11.7 Å². The van der Waals surface area contributed by atoms with E-state index in [0.29, 0.717) is 11.3 Å². The Kier molecular flexibility index (Phi) is 8.02. The van der Waals surface area contributed by atoms with Gasteiger partial charge in [-0.05, 0) is 74.6 Å². The van der Waals surface area contributed by atoms with Crippen LogP contribution in [0.25, 0.3) is 10.8 Å². The molecule has 1 fully saturated rings. The molecule has 0 bridgehead atoms. The number of carbonyl (C=O) groups excluding carboxylic acids is 3. The predicted octanol–water partition coefficient (Wildman–Crippen LogP) is 4.70. The highest BCUT2D eigenvalue weighted by Crippen LogP contribution is 2.37. The lowest BCUT2D eigenvalue weighted by molar-refractivity contribution is -0.142. The third-order valence-electron chi connectivity index (χ3n) is 6.39. The summed E-state index contributed by atoms with van der Waals surface area (Å²) in [6.07, 6.45) is 0.637. The first-order chi connectivity index (χ1) is 18.1. The smallest absolute Gasteiger partial charge is 0.408 e. The van der Waals surface area contributed by atoms with Crippen LogP contribution in [-0.2, 0) is 14.3 Å². The number of benzene rings is 3. The second-order valence-corrected chi connectivity index (χ2v) is 10.7. The molecule has 0 aromatic heterocycles. The minimum Gasteiger partial charge on any atom is -0.444 e. The molecular formula is C30H35N3O5. The van der Waals surface area contributed by atoms with E-state index >= 15 is 0 Å². The highest BCUT2D eigenvalue weighted by molar-refractivity contribution is 6.00. The van der Waals surface area contributed by atoms with Gasteiger partial charge in [0.1, 0.15) is 17.7 Å². The van der Waals surface area contributed by atoms with Crippen LogP contribution in [0.5, 0.6) is 0 Å². The third kappa shape index (κ3) is 6.50. The molecule has 2 atom stereocenters. The van der Waals surface area contributed by atoms with Gasteiger partial charge in [0.25, 0.3) is 5.91 Å². The molecule has 8 nitrogen and oxygen atoms in total. The lowest BCUT2D eigenvalue weighted by Crippen LogP contribution is -2.54. The number of rotatable bonds is 8. The second-order valence-electron chi connectivity index (χ2n) is 10.7. The largest absolute Gasteiger partial charge is 0.444 e. The van der Waals surface area contributed by atoms with Crippen molar-refractivity contribution in [2.24, 2.45) is 0 Å². The van der Waals surface area contributed by atoms with Crippen LogP contribution in [0.15, 0.2) is 66.7 Å². The fourth-order valence-electron chi connectivity index (χ4n) is 4.47. The molecule has 1 aliphatic rings. The van der Waals surface area contributed by atoms with E-state index in [-0.39, 0.29) is 11.9 Å². The monoisotopic (exact) mass is 517 g/mol. The van der Waals surface area contributed by atoms with E-state index in [1.165, 1.54) is 4.90 Å². The van der Waals surface area contributed by atoms with Gasteiger partial charge in [-0.1, -0.05) is 54.6 Å². The summed E-state index contributed by atoms with van der Waals surface area (Å²) in [6, 6.07) is 18.5. The van der Waals surface area contributed by atoms with E-state index in [1.807, 2.05) is 73.7 Å². The van der Waals surface area contributed by atoms with Crippen molar-refractivity contribution >= 4 is 34.4 Å². The van der Waals surface area contributed by atoms with Crippen LogP contribution in [0.1, 0.15) is 50.8 Å². The van der Waals surface area contributed by atoms with E-state index in [9.17, 15) is 19.5 Å². The molecule has 8 heteroatoms. The number of nitrogens with one attached hydrogen (secondary N) is 2. The molecule has 0 heterocycles. The highest BCUT2D eigenvalue weighted by Gasteiger charge is 2.44. The van der Waals surface area contributed by atoms with Crippen molar-refractivity contribution in [2.75, 3.05) is 11.9 Å². The number of amides is 3. The fourth-order valence-corrected chi connectivity index (χ4v) is 4.47. The molecule has 200 valence electrons. The Labute approximate surface area is 223 Å². The Morgan fingerprint density at radius 1 is 1.00 bits per heavy atom. The lowest BCUT2D eigenvalue weighted by atomic mass is 9.97. The molecule has 3 aromatic carbocycles. The van der Waals surface area contributed by atoms with Gasteiger partial charge >= 0.3 is 6.09 Å². The number of anilines is 1. The molecule has 0 spiro atoms. The van der Waals surface area contributed by atoms with E-state index in [4.69, 9.17) is 4.74 Å². The maximum Gasteiger partial charge on any atom is 0.408 e. The number of aliphatic hydroxyl groups is 1. The summed E-state index contributed by atoms with van der Waals surface area (Å²) < 4.78 is 5.29. The molecule has 1 aliphatic carbocycles. The van der Waals surface area contributed by atoms with Gasteiger partial charge in [0.2, 0.25) is 5.91 Å². The van der Waals surface area contributed by atoms with Crippen LogP contribution in [0.4, 0.5) is 10.5 Å². The van der Waals surface area contributed by atoms with Crippen LogP contribution in [0.3, 0.4) is 0 Å². The van der Waals surface area contributed by atoms with Gasteiger partial charge in [0.15, 0.2) is 0 Å². The minimum atomic E-state index is -1.26. The molecule has 3 aromatic rings. The Morgan fingerprint density at radius 3 is 2.29 bits per heavy atom. The zero-order valence-corrected chi connectivity index (χ0v) is 22.2. The summed E-state index contributed by atoms with van der Waals surface area (Å²) in [5.74, 6) is -0.911. The van der Waals surface area contributed by atoms with Crippen molar-refractivity contribution in [3.05, 3.63) is 77.9 Å².